The molecule has 0 amide bonds. The highest BCUT2D eigenvalue weighted by Gasteiger charge is 2.19. The van der Waals surface area contributed by atoms with Crippen molar-refractivity contribution >= 4 is 5.69 Å². The summed E-state index contributed by atoms with van der Waals surface area (Å²) in [6, 6.07) is 7.60. The molecule has 2 rings (SSSR count). The van der Waals surface area contributed by atoms with E-state index in [9.17, 15) is 4.39 Å². The van der Waals surface area contributed by atoms with Gasteiger partial charge in [0.2, 0.25) is 0 Å². The van der Waals surface area contributed by atoms with E-state index in [0.717, 1.165) is 31.6 Å². The number of nitrogens with one attached hydrogen (secondary N) is 1. The minimum absolute atomic E-state index is 0.111. The van der Waals surface area contributed by atoms with E-state index in [0.29, 0.717) is 6.04 Å². The molecule has 2 nitrogen and oxygen atoms in total. The standard InChI is InChI=1S/C12H17FN2/c1-14-10-6-8-15(9-7-10)12-5-3-2-4-11(12)13/h2-5,10,14H,6-9H2,1H3. The Morgan fingerprint density at radius 3 is 2.53 bits per heavy atom. The number of rotatable bonds is 2. The molecule has 1 aliphatic heterocycles. The lowest BCUT2D eigenvalue weighted by Crippen LogP contribution is -2.41. The van der Waals surface area contributed by atoms with Gasteiger partial charge in [-0.3, -0.25) is 0 Å². The first-order chi connectivity index (χ1) is 7.31. The maximum absolute atomic E-state index is 13.5. The molecule has 1 N–H and O–H groups in total. The van der Waals surface area contributed by atoms with Gasteiger partial charge in [-0.1, -0.05) is 12.1 Å². The molecule has 1 heterocycles. The van der Waals surface area contributed by atoms with E-state index in [1.165, 1.54) is 6.07 Å². The Hall–Kier alpha value is -1.09. The summed E-state index contributed by atoms with van der Waals surface area (Å²) in [5, 5.41) is 3.27. The van der Waals surface area contributed by atoms with Crippen molar-refractivity contribution in [3.05, 3.63) is 30.1 Å². The first kappa shape index (κ1) is 10.4. The number of benzene rings is 1. The molecular weight excluding hydrogens is 191 g/mol. The number of halogens is 1. The average molecular weight is 208 g/mol. The van der Waals surface area contributed by atoms with Crippen molar-refractivity contribution in [1.82, 2.24) is 5.32 Å². The van der Waals surface area contributed by atoms with Gasteiger partial charge in [-0.2, -0.15) is 0 Å². The van der Waals surface area contributed by atoms with Gasteiger partial charge < -0.3 is 10.2 Å². The van der Waals surface area contributed by atoms with Crippen LogP contribution in [0.4, 0.5) is 10.1 Å². The largest absolute Gasteiger partial charge is 0.369 e. The molecule has 0 aromatic heterocycles. The molecule has 1 aliphatic rings. The van der Waals surface area contributed by atoms with Gasteiger partial charge in [0.1, 0.15) is 5.82 Å². The summed E-state index contributed by atoms with van der Waals surface area (Å²) in [5.74, 6) is -0.111. The normalized spacial score (nSPS) is 18.1. The fraction of sp³-hybridized carbons (Fsp3) is 0.500. The molecule has 1 saturated heterocycles. The molecule has 1 aromatic carbocycles. The molecule has 1 aromatic rings. The highest BCUT2D eigenvalue weighted by atomic mass is 19.1. The Kier molecular flexibility index (Phi) is 3.21. The van der Waals surface area contributed by atoms with Crippen molar-refractivity contribution in [1.29, 1.82) is 0 Å². The van der Waals surface area contributed by atoms with Crippen LogP contribution in [0, 0.1) is 5.82 Å². The lowest BCUT2D eigenvalue weighted by atomic mass is 10.0. The minimum atomic E-state index is -0.111. The number of anilines is 1. The van der Waals surface area contributed by atoms with Crippen molar-refractivity contribution in [2.75, 3.05) is 25.0 Å². The van der Waals surface area contributed by atoms with E-state index in [4.69, 9.17) is 0 Å². The number of hydrogen-bond acceptors (Lipinski definition) is 2. The Morgan fingerprint density at radius 1 is 1.27 bits per heavy atom. The summed E-state index contributed by atoms with van der Waals surface area (Å²) in [4.78, 5) is 2.13. The summed E-state index contributed by atoms with van der Waals surface area (Å²) in [7, 11) is 1.99. The lowest BCUT2D eigenvalue weighted by Gasteiger charge is -2.33. The second-order valence-electron chi connectivity index (χ2n) is 4.00. The first-order valence-electron chi connectivity index (χ1n) is 5.48. The summed E-state index contributed by atoms with van der Waals surface area (Å²) in [5.41, 5.74) is 0.743. The van der Waals surface area contributed by atoms with Gasteiger partial charge in [0, 0.05) is 19.1 Å². The SMILES string of the molecule is CNC1CCN(c2ccccc2F)CC1. The van der Waals surface area contributed by atoms with Crippen LogP contribution >= 0.6 is 0 Å². The maximum atomic E-state index is 13.5. The Labute approximate surface area is 90.1 Å². The predicted octanol–water partition coefficient (Wildman–Crippen LogP) is 2.01. The number of para-hydroxylation sites is 1. The summed E-state index contributed by atoms with van der Waals surface area (Å²) in [6.07, 6.45) is 2.18. The smallest absolute Gasteiger partial charge is 0.146 e. The third kappa shape index (κ3) is 2.29. The van der Waals surface area contributed by atoms with Gasteiger partial charge in [0.15, 0.2) is 0 Å². The molecule has 15 heavy (non-hydrogen) atoms. The Morgan fingerprint density at radius 2 is 1.93 bits per heavy atom. The third-order valence-corrected chi connectivity index (χ3v) is 3.10. The molecule has 0 radical (unpaired) electrons. The fourth-order valence-corrected chi connectivity index (χ4v) is 2.12. The highest BCUT2D eigenvalue weighted by Crippen LogP contribution is 2.22. The fourth-order valence-electron chi connectivity index (χ4n) is 2.12. The molecule has 0 aliphatic carbocycles. The van der Waals surface area contributed by atoms with Crippen LogP contribution in [0.3, 0.4) is 0 Å². The van der Waals surface area contributed by atoms with Gasteiger partial charge in [-0.15, -0.1) is 0 Å². The van der Waals surface area contributed by atoms with Crippen LogP contribution in [0.2, 0.25) is 0 Å². The van der Waals surface area contributed by atoms with E-state index < -0.39 is 0 Å². The summed E-state index contributed by atoms with van der Waals surface area (Å²) >= 11 is 0. The van der Waals surface area contributed by atoms with Crippen molar-refractivity contribution in [2.24, 2.45) is 0 Å². The van der Waals surface area contributed by atoms with Crippen molar-refractivity contribution in [3.8, 4) is 0 Å². The first-order valence-corrected chi connectivity index (χ1v) is 5.48. The molecule has 0 spiro atoms. The van der Waals surface area contributed by atoms with E-state index in [-0.39, 0.29) is 5.82 Å². The molecule has 0 atom stereocenters. The number of nitrogens with zero attached hydrogens (tertiary/aromatic N) is 1. The van der Waals surface area contributed by atoms with Crippen LogP contribution < -0.4 is 10.2 Å². The topological polar surface area (TPSA) is 15.3 Å². The monoisotopic (exact) mass is 208 g/mol. The van der Waals surface area contributed by atoms with Gasteiger partial charge >= 0.3 is 0 Å². The zero-order valence-corrected chi connectivity index (χ0v) is 9.04. The third-order valence-electron chi connectivity index (χ3n) is 3.10. The molecule has 82 valence electrons. The Balaban J connectivity index is 2.04. The van der Waals surface area contributed by atoms with Gasteiger partial charge in [-0.05, 0) is 32.0 Å². The van der Waals surface area contributed by atoms with Crippen molar-refractivity contribution in [3.63, 3.8) is 0 Å². The Bertz CT molecular complexity index is 319. The average Bonchev–Trinajstić information content (AvgIpc) is 2.30. The van der Waals surface area contributed by atoms with Crippen LogP contribution in [-0.2, 0) is 0 Å². The molecule has 0 bridgehead atoms. The lowest BCUT2D eigenvalue weighted by molar-refractivity contribution is 0.439. The van der Waals surface area contributed by atoms with E-state index in [1.54, 1.807) is 6.07 Å². The molecule has 1 fully saturated rings. The van der Waals surface area contributed by atoms with Crippen LogP contribution in [-0.4, -0.2) is 26.2 Å². The molecule has 0 saturated carbocycles. The van der Waals surface area contributed by atoms with E-state index in [2.05, 4.69) is 10.2 Å². The molecule has 0 unspecified atom stereocenters. The van der Waals surface area contributed by atoms with Crippen LogP contribution in [0.5, 0.6) is 0 Å². The zero-order valence-electron chi connectivity index (χ0n) is 9.04. The van der Waals surface area contributed by atoms with Crippen LogP contribution in [0.25, 0.3) is 0 Å². The number of hydrogen-bond donors (Lipinski definition) is 1. The number of piperidine rings is 1. The van der Waals surface area contributed by atoms with E-state index in [1.807, 2.05) is 19.2 Å². The van der Waals surface area contributed by atoms with Gasteiger partial charge in [-0.25, -0.2) is 4.39 Å². The molecular formula is C12H17FN2. The summed E-state index contributed by atoms with van der Waals surface area (Å²) in [6.45, 7) is 1.87. The van der Waals surface area contributed by atoms with Crippen LogP contribution in [0.15, 0.2) is 24.3 Å². The summed E-state index contributed by atoms with van der Waals surface area (Å²) < 4.78 is 13.5. The molecule has 3 heteroatoms. The van der Waals surface area contributed by atoms with Gasteiger partial charge in [0.25, 0.3) is 0 Å². The van der Waals surface area contributed by atoms with E-state index >= 15 is 0 Å². The van der Waals surface area contributed by atoms with Crippen molar-refractivity contribution in [2.45, 2.75) is 18.9 Å². The highest BCUT2D eigenvalue weighted by molar-refractivity contribution is 5.47. The zero-order chi connectivity index (χ0) is 10.7. The second kappa shape index (κ2) is 4.62. The quantitative estimate of drug-likeness (QED) is 0.800. The van der Waals surface area contributed by atoms with Crippen LogP contribution in [0.1, 0.15) is 12.8 Å². The van der Waals surface area contributed by atoms with Crippen molar-refractivity contribution < 1.29 is 4.39 Å². The predicted molar refractivity (Wildman–Crippen MR) is 60.7 cm³/mol. The van der Waals surface area contributed by atoms with Gasteiger partial charge in [0.05, 0.1) is 5.69 Å². The second-order valence-corrected chi connectivity index (χ2v) is 4.00. The maximum Gasteiger partial charge on any atom is 0.146 e. The minimum Gasteiger partial charge on any atom is -0.369 e.